The maximum atomic E-state index is 11.9. The average molecular weight is 248 g/mol. The van der Waals surface area contributed by atoms with E-state index >= 15 is 0 Å². The third-order valence-electron chi connectivity index (χ3n) is 3.49. The average Bonchev–Trinajstić information content (AvgIpc) is 2.76. The molecule has 18 heavy (non-hydrogen) atoms. The summed E-state index contributed by atoms with van der Waals surface area (Å²) in [4.78, 5) is 11.9. The lowest BCUT2D eigenvalue weighted by Gasteiger charge is -2.22. The van der Waals surface area contributed by atoms with Crippen LogP contribution in [0.15, 0.2) is 24.3 Å². The van der Waals surface area contributed by atoms with Crippen LogP contribution >= 0.6 is 0 Å². The Labute approximate surface area is 108 Å². The van der Waals surface area contributed by atoms with E-state index in [9.17, 15) is 4.79 Å². The Morgan fingerprint density at radius 3 is 2.50 bits per heavy atom. The van der Waals surface area contributed by atoms with E-state index in [1.54, 1.807) is 7.11 Å². The lowest BCUT2D eigenvalue weighted by molar-refractivity contribution is -0.117. The zero-order valence-corrected chi connectivity index (χ0v) is 10.7. The van der Waals surface area contributed by atoms with Crippen LogP contribution < -0.4 is 15.8 Å². The highest BCUT2D eigenvalue weighted by atomic mass is 16.5. The molecule has 4 heteroatoms. The van der Waals surface area contributed by atoms with Crippen LogP contribution in [0, 0.1) is 0 Å². The van der Waals surface area contributed by atoms with Gasteiger partial charge in [-0.15, -0.1) is 0 Å². The summed E-state index contributed by atoms with van der Waals surface area (Å²) < 4.78 is 5.07. The summed E-state index contributed by atoms with van der Waals surface area (Å²) >= 11 is 0. The largest absolute Gasteiger partial charge is 0.497 e. The number of methoxy groups -OCH3 is 1. The first-order valence-electron chi connectivity index (χ1n) is 6.34. The summed E-state index contributed by atoms with van der Waals surface area (Å²) in [5.41, 5.74) is 6.66. The molecule has 1 aliphatic rings. The van der Waals surface area contributed by atoms with Crippen molar-refractivity contribution in [3.63, 3.8) is 0 Å². The molecule has 0 radical (unpaired) electrons. The quantitative estimate of drug-likeness (QED) is 0.859. The summed E-state index contributed by atoms with van der Waals surface area (Å²) in [5, 5.41) is 2.87. The number of nitrogens with one attached hydrogen (secondary N) is 1. The SMILES string of the molecule is COc1ccc(NC(=O)CC2(N)CCCC2)cc1. The fraction of sp³-hybridized carbons (Fsp3) is 0.500. The van der Waals surface area contributed by atoms with E-state index < -0.39 is 0 Å². The van der Waals surface area contributed by atoms with Crippen molar-refractivity contribution in [2.45, 2.75) is 37.6 Å². The lowest BCUT2D eigenvalue weighted by Crippen LogP contribution is -2.40. The van der Waals surface area contributed by atoms with E-state index in [4.69, 9.17) is 10.5 Å². The summed E-state index contributed by atoms with van der Waals surface area (Å²) in [6, 6.07) is 7.30. The number of benzene rings is 1. The Morgan fingerprint density at radius 2 is 1.94 bits per heavy atom. The van der Waals surface area contributed by atoms with E-state index in [-0.39, 0.29) is 11.4 Å². The first kappa shape index (κ1) is 12.9. The smallest absolute Gasteiger partial charge is 0.226 e. The van der Waals surface area contributed by atoms with E-state index in [2.05, 4.69) is 5.32 Å². The predicted molar refractivity (Wildman–Crippen MR) is 71.6 cm³/mol. The van der Waals surface area contributed by atoms with Crippen molar-refractivity contribution in [2.24, 2.45) is 5.73 Å². The minimum absolute atomic E-state index is 0.00966. The van der Waals surface area contributed by atoms with Gasteiger partial charge in [0.1, 0.15) is 5.75 Å². The molecule has 1 aliphatic carbocycles. The number of carbonyl (C=O) groups is 1. The van der Waals surface area contributed by atoms with Crippen LogP contribution in [0.3, 0.4) is 0 Å². The molecular formula is C14H20N2O2. The molecule has 1 amide bonds. The molecular weight excluding hydrogens is 228 g/mol. The second-order valence-corrected chi connectivity index (χ2v) is 5.02. The zero-order chi connectivity index (χ0) is 13.0. The number of carbonyl (C=O) groups excluding carboxylic acids is 1. The Hall–Kier alpha value is -1.55. The number of anilines is 1. The standard InChI is InChI=1S/C14H20N2O2/c1-18-12-6-4-11(5-7-12)16-13(17)10-14(15)8-2-3-9-14/h4-7H,2-3,8-10,15H2,1H3,(H,16,17). The molecule has 1 aromatic rings. The molecule has 0 saturated heterocycles. The molecule has 0 bridgehead atoms. The number of rotatable bonds is 4. The van der Waals surface area contributed by atoms with Gasteiger partial charge in [-0.05, 0) is 37.1 Å². The van der Waals surface area contributed by atoms with Crippen LogP contribution in [0.25, 0.3) is 0 Å². The minimum atomic E-state index is -0.295. The molecule has 0 aromatic heterocycles. The molecule has 0 heterocycles. The molecule has 1 saturated carbocycles. The van der Waals surface area contributed by atoms with Crippen molar-refractivity contribution in [2.75, 3.05) is 12.4 Å². The number of amides is 1. The van der Waals surface area contributed by atoms with E-state index in [1.165, 1.54) is 0 Å². The summed E-state index contributed by atoms with van der Waals surface area (Å²) in [6.07, 6.45) is 4.56. The first-order chi connectivity index (χ1) is 8.61. The minimum Gasteiger partial charge on any atom is -0.497 e. The topological polar surface area (TPSA) is 64.3 Å². The van der Waals surface area contributed by atoms with Crippen molar-refractivity contribution < 1.29 is 9.53 Å². The van der Waals surface area contributed by atoms with Crippen LogP contribution in [0.4, 0.5) is 5.69 Å². The van der Waals surface area contributed by atoms with Gasteiger partial charge in [0.15, 0.2) is 0 Å². The van der Waals surface area contributed by atoms with Crippen molar-refractivity contribution in [3.8, 4) is 5.75 Å². The van der Waals surface area contributed by atoms with Crippen LogP contribution in [0.2, 0.25) is 0 Å². The Balaban J connectivity index is 1.90. The Morgan fingerprint density at radius 1 is 1.33 bits per heavy atom. The number of nitrogens with two attached hydrogens (primary N) is 1. The normalized spacial score (nSPS) is 17.4. The molecule has 98 valence electrons. The number of hydrogen-bond donors (Lipinski definition) is 2. The third kappa shape index (κ3) is 3.23. The highest BCUT2D eigenvalue weighted by Gasteiger charge is 2.31. The van der Waals surface area contributed by atoms with Gasteiger partial charge in [-0.1, -0.05) is 12.8 Å². The fourth-order valence-electron chi connectivity index (χ4n) is 2.46. The molecule has 0 spiro atoms. The van der Waals surface area contributed by atoms with Crippen molar-refractivity contribution >= 4 is 11.6 Å². The van der Waals surface area contributed by atoms with Gasteiger partial charge >= 0.3 is 0 Å². The van der Waals surface area contributed by atoms with Gasteiger partial charge in [0, 0.05) is 17.6 Å². The van der Waals surface area contributed by atoms with Crippen LogP contribution in [0.5, 0.6) is 5.75 Å². The summed E-state index contributed by atoms with van der Waals surface area (Å²) in [7, 11) is 1.62. The van der Waals surface area contributed by atoms with Crippen molar-refractivity contribution in [1.29, 1.82) is 0 Å². The van der Waals surface area contributed by atoms with E-state index in [0.29, 0.717) is 6.42 Å². The molecule has 0 unspecified atom stereocenters. The number of hydrogen-bond acceptors (Lipinski definition) is 3. The third-order valence-corrected chi connectivity index (χ3v) is 3.49. The fourth-order valence-corrected chi connectivity index (χ4v) is 2.46. The Kier molecular flexibility index (Phi) is 3.87. The Bertz CT molecular complexity index is 408. The van der Waals surface area contributed by atoms with Gasteiger partial charge < -0.3 is 15.8 Å². The summed E-state index contributed by atoms with van der Waals surface area (Å²) in [6.45, 7) is 0. The van der Waals surface area contributed by atoms with Crippen molar-refractivity contribution in [3.05, 3.63) is 24.3 Å². The molecule has 2 rings (SSSR count). The highest BCUT2D eigenvalue weighted by molar-refractivity contribution is 5.91. The van der Waals surface area contributed by atoms with Gasteiger partial charge in [-0.2, -0.15) is 0 Å². The maximum Gasteiger partial charge on any atom is 0.226 e. The maximum absolute atomic E-state index is 11.9. The highest BCUT2D eigenvalue weighted by Crippen LogP contribution is 2.30. The van der Waals surface area contributed by atoms with Gasteiger partial charge in [0.25, 0.3) is 0 Å². The molecule has 0 aliphatic heterocycles. The lowest BCUT2D eigenvalue weighted by atomic mass is 9.94. The summed E-state index contributed by atoms with van der Waals surface area (Å²) in [5.74, 6) is 0.767. The molecule has 4 nitrogen and oxygen atoms in total. The molecule has 1 fully saturated rings. The van der Waals surface area contributed by atoms with Crippen molar-refractivity contribution in [1.82, 2.24) is 0 Å². The van der Waals surface area contributed by atoms with Gasteiger partial charge in [0.2, 0.25) is 5.91 Å². The van der Waals surface area contributed by atoms with Gasteiger partial charge in [0.05, 0.1) is 7.11 Å². The van der Waals surface area contributed by atoms with E-state index in [1.807, 2.05) is 24.3 Å². The predicted octanol–water partition coefficient (Wildman–Crippen LogP) is 2.30. The zero-order valence-electron chi connectivity index (χ0n) is 10.7. The molecule has 3 N–H and O–H groups in total. The first-order valence-corrected chi connectivity index (χ1v) is 6.34. The second kappa shape index (κ2) is 5.40. The van der Waals surface area contributed by atoms with Gasteiger partial charge in [-0.3, -0.25) is 4.79 Å². The monoisotopic (exact) mass is 248 g/mol. The van der Waals surface area contributed by atoms with Crippen LogP contribution in [-0.4, -0.2) is 18.6 Å². The van der Waals surface area contributed by atoms with Crippen LogP contribution in [-0.2, 0) is 4.79 Å². The second-order valence-electron chi connectivity index (χ2n) is 5.02. The molecule has 1 aromatic carbocycles. The number of ether oxygens (including phenoxy) is 1. The van der Waals surface area contributed by atoms with Crippen LogP contribution in [0.1, 0.15) is 32.1 Å². The van der Waals surface area contributed by atoms with E-state index in [0.717, 1.165) is 37.1 Å². The van der Waals surface area contributed by atoms with Gasteiger partial charge in [-0.25, -0.2) is 0 Å². The molecule has 0 atom stereocenters.